The number of rotatable bonds is 8. The molecule has 1 aliphatic heterocycles. The van der Waals surface area contributed by atoms with Gasteiger partial charge in [-0.15, -0.1) is 0 Å². The van der Waals surface area contributed by atoms with Crippen LogP contribution in [0, 0.1) is 0 Å². The van der Waals surface area contributed by atoms with Crippen LogP contribution in [0.3, 0.4) is 0 Å². The molecule has 256 valence electrons. The van der Waals surface area contributed by atoms with Gasteiger partial charge < -0.3 is 9.15 Å². The van der Waals surface area contributed by atoms with Gasteiger partial charge in [-0.2, -0.15) is 0 Å². The Bertz CT molecular complexity index is 2570. The summed E-state index contributed by atoms with van der Waals surface area (Å²) in [6, 6.07) is 41.2. The third-order valence-electron chi connectivity index (χ3n) is 9.86. The van der Waals surface area contributed by atoms with E-state index in [-0.39, 0.29) is 0 Å². The number of furan rings is 1. The highest BCUT2D eigenvalue weighted by molar-refractivity contribution is 7.16. The van der Waals surface area contributed by atoms with Crippen LogP contribution < -0.4 is 20.3 Å². The molecule has 0 amide bonds. The summed E-state index contributed by atoms with van der Waals surface area (Å²) in [6.45, 7) is 11.3. The monoisotopic (exact) mass is 702 g/mol. The number of ether oxygens (including phenoxy) is 1. The van der Waals surface area contributed by atoms with Gasteiger partial charge in [0.05, 0.1) is 0 Å². The second kappa shape index (κ2) is 14.6. The largest absolute Gasteiger partial charge is 0.473 e. The molecule has 0 N–H and O–H groups in total. The summed E-state index contributed by atoms with van der Waals surface area (Å²) in [4.78, 5) is 9.71. The van der Waals surface area contributed by atoms with Gasteiger partial charge in [-0.25, -0.2) is 9.97 Å². The number of hydrogen-bond acceptors (Lipinski definition) is 4. The van der Waals surface area contributed by atoms with Crippen molar-refractivity contribution in [3.05, 3.63) is 200 Å². The molecule has 8 rings (SSSR count). The number of aromatic nitrogens is 2. The SMILES string of the molecule is C=C/C(=C\C=C/C)[Si](c1ccccc1)(c1ccccc1)c1cc(-c2cnc3c(c2)C(=C)/C=C\C=C/CO3)cc(-c2cnc3oc4ccccc4c3c2)c1. The van der Waals surface area contributed by atoms with Gasteiger partial charge in [-0.1, -0.05) is 147 Å². The lowest BCUT2D eigenvalue weighted by atomic mass is 9.98. The van der Waals surface area contributed by atoms with E-state index in [1.165, 1.54) is 20.8 Å². The van der Waals surface area contributed by atoms with E-state index < -0.39 is 8.07 Å². The third-order valence-corrected chi connectivity index (χ3v) is 14.7. The van der Waals surface area contributed by atoms with E-state index in [2.05, 4.69) is 128 Å². The predicted octanol–water partition coefficient (Wildman–Crippen LogP) is 9.93. The second-order valence-electron chi connectivity index (χ2n) is 13.0. The van der Waals surface area contributed by atoms with Crippen molar-refractivity contribution in [2.75, 3.05) is 6.61 Å². The van der Waals surface area contributed by atoms with Crippen LogP contribution in [0.4, 0.5) is 0 Å². The highest BCUT2D eigenvalue weighted by atomic mass is 28.3. The molecule has 0 unspecified atom stereocenters. The van der Waals surface area contributed by atoms with Crippen molar-refractivity contribution in [1.29, 1.82) is 0 Å². The van der Waals surface area contributed by atoms with E-state index in [0.29, 0.717) is 18.2 Å². The van der Waals surface area contributed by atoms with Crippen LogP contribution in [-0.4, -0.2) is 24.6 Å². The topological polar surface area (TPSA) is 48.2 Å². The Hall–Kier alpha value is -6.56. The van der Waals surface area contributed by atoms with Crippen LogP contribution in [0.2, 0.25) is 0 Å². The van der Waals surface area contributed by atoms with Gasteiger partial charge in [0.2, 0.25) is 11.6 Å². The van der Waals surface area contributed by atoms with Crippen molar-refractivity contribution in [3.63, 3.8) is 0 Å². The molecular formula is C48H38N2O2Si. The van der Waals surface area contributed by atoms with E-state index >= 15 is 0 Å². The average molecular weight is 703 g/mol. The summed E-state index contributed by atoms with van der Waals surface area (Å²) in [7, 11) is -3.00. The molecule has 0 fully saturated rings. The summed E-state index contributed by atoms with van der Waals surface area (Å²) >= 11 is 0. The zero-order valence-corrected chi connectivity index (χ0v) is 30.6. The van der Waals surface area contributed by atoms with Gasteiger partial charge in [-0.3, -0.25) is 0 Å². The van der Waals surface area contributed by atoms with Crippen LogP contribution >= 0.6 is 0 Å². The molecule has 3 aromatic heterocycles. The molecule has 0 saturated heterocycles. The number of nitrogens with zero attached hydrogens (tertiary/aromatic N) is 2. The number of fused-ring (bicyclic) bond motifs is 4. The zero-order chi connectivity index (χ0) is 36.2. The van der Waals surface area contributed by atoms with Gasteiger partial charge in [0.1, 0.15) is 12.2 Å². The fourth-order valence-electron chi connectivity index (χ4n) is 7.34. The third kappa shape index (κ3) is 6.22. The normalized spacial score (nSPS) is 14.7. The van der Waals surface area contributed by atoms with Crippen molar-refractivity contribution >= 4 is 51.3 Å². The Balaban J connectivity index is 1.46. The predicted molar refractivity (Wildman–Crippen MR) is 224 cm³/mol. The molecule has 4 nitrogen and oxygen atoms in total. The van der Waals surface area contributed by atoms with E-state index in [4.69, 9.17) is 19.1 Å². The summed E-state index contributed by atoms with van der Waals surface area (Å²) in [5.74, 6) is 0.563. The van der Waals surface area contributed by atoms with Crippen LogP contribution in [0.5, 0.6) is 5.88 Å². The minimum atomic E-state index is -3.00. The first-order valence-electron chi connectivity index (χ1n) is 17.8. The van der Waals surface area contributed by atoms with Crippen molar-refractivity contribution in [3.8, 4) is 28.1 Å². The van der Waals surface area contributed by atoms with Crippen LogP contribution in [0.25, 0.3) is 49.9 Å². The van der Waals surface area contributed by atoms with Crippen LogP contribution in [0.15, 0.2) is 199 Å². The lowest BCUT2D eigenvalue weighted by molar-refractivity contribution is 0.347. The molecule has 0 spiro atoms. The first kappa shape index (κ1) is 33.6. The molecule has 7 aromatic rings. The molecule has 5 heteroatoms. The van der Waals surface area contributed by atoms with Crippen molar-refractivity contribution < 1.29 is 9.15 Å². The summed E-state index contributed by atoms with van der Waals surface area (Å²) in [6.07, 6.45) is 20.2. The first-order chi connectivity index (χ1) is 26.1. The Kier molecular flexibility index (Phi) is 9.24. The first-order valence-corrected chi connectivity index (χ1v) is 19.8. The van der Waals surface area contributed by atoms with Gasteiger partial charge in [0, 0.05) is 39.9 Å². The van der Waals surface area contributed by atoms with E-state index in [1.54, 1.807) is 0 Å². The van der Waals surface area contributed by atoms with Crippen molar-refractivity contribution in [2.45, 2.75) is 6.92 Å². The highest BCUT2D eigenvalue weighted by Crippen LogP contribution is 2.35. The van der Waals surface area contributed by atoms with Gasteiger partial charge in [-0.05, 0) is 74.7 Å². The molecule has 0 aliphatic carbocycles. The fraction of sp³-hybridized carbons (Fsp3) is 0.0417. The quantitative estimate of drug-likeness (QED) is 0.0899. The average Bonchev–Trinajstić information content (AvgIpc) is 3.62. The molecule has 1 aliphatic rings. The van der Waals surface area contributed by atoms with Crippen LogP contribution in [0.1, 0.15) is 12.5 Å². The highest BCUT2D eigenvalue weighted by Gasteiger charge is 2.42. The molecule has 0 bridgehead atoms. The van der Waals surface area contributed by atoms with Gasteiger partial charge >= 0.3 is 0 Å². The maximum Gasteiger partial charge on any atom is 0.227 e. The fourth-order valence-corrected chi connectivity index (χ4v) is 12.1. The number of allylic oxidation sites excluding steroid dienone is 9. The molecule has 0 radical (unpaired) electrons. The number of benzene rings is 4. The summed E-state index contributed by atoms with van der Waals surface area (Å²) < 4.78 is 12.2. The standard InChI is InChI=1S/C48H38N2O2Si/c1-4-6-19-39(5-2)53(40-20-11-7-12-21-40,41-22-13-8-14-23-41)42-28-35(37-30-44-34(3)18-10-9-17-26-51-47(44)49-32-37)27-36(29-42)38-31-45-43-24-15-16-25-46(43)52-48(45)50-33-38/h4-25,27-33H,2-3,26H2,1H3/b6-4-,17-9-,18-10-,39-19+. The van der Waals surface area contributed by atoms with E-state index in [0.717, 1.165) is 49.7 Å². The Labute approximate surface area is 311 Å². The molecule has 4 heterocycles. The molecule has 53 heavy (non-hydrogen) atoms. The number of pyridine rings is 2. The Morgan fingerprint density at radius 2 is 1.40 bits per heavy atom. The smallest absolute Gasteiger partial charge is 0.227 e. The van der Waals surface area contributed by atoms with Gasteiger partial charge in [0.15, 0.2) is 8.07 Å². The van der Waals surface area contributed by atoms with Crippen LogP contribution in [-0.2, 0) is 0 Å². The molecule has 0 saturated carbocycles. The lowest BCUT2D eigenvalue weighted by Crippen LogP contribution is -2.68. The minimum Gasteiger partial charge on any atom is -0.473 e. The Morgan fingerprint density at radius 1 is 0.717 bits per heavy atom. The summed E-state index contributed by atoms with van der Waals surface area (Å²) in [5.41, 5.74) is 7.15. The van der Waals surface area contributed by atoms with Gasteiger partial charge in [0.25, 0.3) is 0 Å². The van der Waals surface area contributed by atoms with Crippen molar-refractivity contribution in [2.24, 2.45) is 0 Å². The Morgan fingerprint density at radius 3 is 2.11 bits per heavy atom. The lowest BCUT2D eigenvalue weighted by Gasteiger charge is -2.36. The number of hydrogen-bond donors (Lipinski definition) is 0. The molecule has 4 aromatic carbocycles. The van der Waals surface area contributed by atoms with E-state index in [1.807, 2.05) is 67.9 Å². The second-order valence-corrected chi connectivity index (χ2v) is 16.8. The molecule has 0 atom stereocenters. The maximum absolute atomic E-state index is 6.14. The van der Waals surface area contributed by atoms with E-state index in [9.17, 15) is 0 Å². The zero-order valence-electron chi connectivity index (χ0n) is 29.6. The molecular weight excluding hydrogens is 665 g/mol. The minimum absolute atomic E-state index is 0.430. The van der Waals surface area contributed by atoms with Crippen molar-refractivity contribution in [1.82, 2.24) is 9.97 Å². The maximum atomic E-state index is 6.14. The number of para-hydroxylation sites is 1. The summed E-state index contributed by atoms with van der Waals surface area (Å²) in [5, 5.41) is 6.91.